The van der Waals surface area contributed by atoms with Crippen LogP contribution in [0.3, 0.4) is 0 Å². The summed E-state index contributed by atoms with van der Waals surface area (Å²) in [6.45, 7) is 14.2. The standard InChI is InChI=1S/C15H19NO.C13H15NO3.2Y/c1-9-5-13(12(4)17)7-14(6-9)15-10(2)8-16-11(15)3;1-7-13(9(3)17-14-7)11-4-10(8(2)15)5-12(16)6-11;;/h5-7,12,17H,8H2,1-4H3;4-6,8,15-16H,1-3H3;;. The molecule has 2 atom stereocenters. The number of phenolic OH excluding ortho intramolecular Hbond substituents is 1. The van der Waals surface area contributed by atoms with Crippen LogP contribution in [0.2, 0.25) is 0 Å². The van der Waals surface area contributed by atoms with Gasteiger partial charge in [0.15, 0.2) is 0 Å². The summed E-state index contributed by atoms with van der Waals surface area (Å²) >= 11 is 0. The molecule has 0 spiro atoms. The summed E-state index contributed by atoms with van der Waals surface area (Å²) < 4.78 is 5.10. The van der Waals surface area contributed by atoms with E-state index in [2.05, 4.69) is 43.1 Å². The molecule has 8 heteroatoms. The second kappa shape index (κ2) is 14.2. The molecule has 2 unspecified atom stereocenters. The molecule has 3 N–H and O–H groups in total. The van der Waals surface area contributed by atoms with Gasteiger partial charge in [0.2, 0.25) is 0 Å². The number of aryl methyl sites for hydroxylation is 3. The number of aromatic hydroxyl groups is 1. The zero-order chi connectivity index (χ0) is 25.2. The summed E-state index contributed by atoms with van der Waals surface area (Å²) in [5, 5.41) is 32.8. The molecule has 1 aliphatic heterocycles. The number of nitrogens with zero attached hydrogens (tertiary/aromatic N) is 2. The summed E-state index contributed by atoms with van der Waals surface area (Å²) in [6.07, 6.45) is -1.05. The first-order valence-corrected chi connectivity index (χ1v) is 11.4. The van der Waals surface area contributed by atoms with Crippen LogP contribution in [0.5, 0.6) is 5.75 Å². The molecule has 2 heterocycles. The van der Waals surface area contributed by atoms with Gasteiger partial charge in [0, 0.05) is 82.3 Å². The number of phenols is 1. The van der Waals surface area contributed by atoms with Crippen molar-refractivity contribution < 1.29 is 85.3 Å². The van der Waals surface area contributed by atoms with E-state index in [4.69, 9.17) is 4.52 Å². The first-order valence-electron chi connectivity index (χ1n) is 11.4. The Bertz CT molecular complexity index is 1240. The van der Waals surface area contributed by atoms with E-state index >= 15 is 0 Å². The van der Waals surface area contributed by atoms with Gasteiger partial charge < -0.3 is 19.8 Å². The van der Waals surface area contributed by atoms with Crippen LogP contribution >= 0.6 is 0 Å². The van der Waals surface area contributed by atoms with Crippen LogP contribution in [-0.2, 0) is 65.4 Å². The average molecular weight is 640 g/mol. The van der Waals surface area contributed by atoms with Crippen molar-refractivity contribution in [3.05, 3.63) is 75.7 Å². The number of hydrogen-bond acceptors (Lipinski definition) is 6. The van der Waals surface area contributed by atoms with Gasteiger partial charge in [-0.2, -0.15) is 0 Å². The maximum Gasteiger partial charge on any atom is 0.141 e. The predicted octanol–water partition coefficient (Wildman–Crippen LogP) is 6.01. The molecular weight excluding hydrogens is 606 g/mol. The van der Waals surface area contributed by atoms with Crippen molar-refractivity contribution in [2.45, 2.75) is 60.7 Å². The number of aliphatic hydroxyl groups excluding tert-OH is 2. The van der Waals surface area contributed by atoms with Gasteiger partial charge >= 0.3 is 0 Å². The number of aliphatic hydroxyl groups is 2. The number of allylic oxidation sites excluding steroid dienone is 1. The SMILES string of the molecule is CC1=NCC(C)=C1c1cc(C)cc(C(C)O)c1.Cc1noc(C)c1-c1cc(O)cc(C(C)O)c1.[Y].[Y]. The van der Waals surface area contributed by atoms with E-state index in [0.717, 1.165) is 34.6 Å². The minimum Gasteiger partial charge on any atom is -0.508 e. The van der Waals surface area contributed by atoms with Gasteiger partial charge in [0.25, 0.3) is 0 Å². The third kappa shape index (κ3) is 7.99. The molecule has 2 radical (unpaired) electrons. The fourth-order valence-electron chi connectivity index (χ4n) is 4.27. The van der Waals surface area contributed by atoms with Crippen molar-refractivity contribution in [2.75, 3.05) is 6.54 Å². The number of benzene rings is 2. The maximum absolute atomic E-state index is 9.70. The quantitative estimate of drug-likeness (QED) is 0.325. The second-order valence-electron chi connectivity index (χ2n) is 9.05. The minimum absolute atomic E-state index is 0. The van der Waals surface area contributed by atoms with Crippen molar-refractivity contribution in [2.24, 2.45) is 4.99 Å². The summed E-state index contributed by atoms with van der Waals surface area (Å²) in [5.74, 6) is 0.822. The Kier molecular flexibility index (Phi) is 13.0. The molecule has 0 amide bonds. The second-order valence-corrected chi connectivity index (χ2v) is 9.05. The van der Waals surface area contributed by atoms with Gasteiger partial charge in [0.1, 0.15) is 11.5 Å². The molecule has 0 fully saturated rings. The third-order valence-electron chi connectivity index (χ3n) is 5.96. The summed E-state index contributed by atoms with van der Waals surface area (Å²) in [5.41, 5.74) is 10.1. The van der Waals surface area contributed by atoms with E-state index in [1.165, 1.54) is 22.3 Å². The van der Waals surface area contributed by atoms with Crippen LogP contribution in [0, 0.1) is 20.8 Å². The van der Waals surface area contributed by atoms with E-state index in [9.17, 15) is 15.3 Å². The molecule has 0 aliphatic carbocycles. The van der Waals surface area contributed by atoms with E-state index in [0.29, 0.717) is 11.3 Å². The largest absolute Gasteiger partial charge is 0.508 e. The van der Waals surface area contributed by atoms with Crippen molar-refractivity contribution in [1.29, 1.82) is 0 Å². The maximum atomic E-state index is 9.70. The summed E-state index contributed by atoms with van der Waals surface area (Å²) in [7, 11) is 0. The number of hydrogen-bond donors (Lipinski definition) is 3. The van der Waals surface area contributed by atoms with Crippen molar-refractivity contribution >= 4 is 11.3 Å². The van der Waals surface area contributed by atoms with Gasteiger partial charge in [0.05, 0.1) is 24.4 Å². The molecule has 1 aliphatic rings. The van der Waals surface area contributed by atoms with E-state index in [1.807, 2.05) is 26.0 Å². The minimum atomic E-state index is -0.624. The van der Waals surface area contributed by atoms with Crippen LogP contribution in [0.4, 0.5) is 0 Å². The van der Waals surface area contributed by atoms with E-state index in [1.54, 1.807) is 26.0 Å². The Morgan fingerprint density at radius 3 is 1.89 bits per heavy atom. The van der Waals surface area contributed by atoms with Crippen molar-refractivity contribution in [3.8, 4) is 16.9 Å². The smallest absolute Gasteiger partial charge is 0.141 e. The van der Waals surface area contributed by atoms with Gasteiger partial charge in [-0.05, 0) is 101 Å². The average Bonchev–Trinajstić information content (AvgIpc) is 3.27. The Balaban J connectivity index is 0.000000341. The molecule has 1 aromatic heterocycles. The van der Waals surface area contributed by atoms with Gasteiger partial charge in [-0.3, -0.25) is 4.99 Å². The van der Waals surface area contributed by atoms with Crippen LogP contribution in [-0.4, -0.2) is 32.7 Å². The van der Waals surface area contributed by atoms with Crippen molar-refractivity contribution in [3.63, 3.8) is 0 Å². The molecule has 0 saturated carbocycles. The molecule has 0 saturated heterocycles. The zero-order valence-corrected chi connectivity index (χ0v) is 27.8. The monoisotopic (exact) mass is 640 g/mol. The fourth-order valence-corrected chi connectivity index (χ4v) is 4.27. The van der Waals surface area contributed by atoms with Gasteiger partial charge in [-0.1, -0.05) is 22.9 Å². The van der Waals surface area contributed by atoms with Gasteiger partial charge in [-0.25, -0.2) is 0 Å². The van der Waals surface area contributed by atoms with Gasteiger partial charge in [-0.15, -0.1) is 0 Å². The summed E-state index contributed by atoms with van der Waals surface area (Å²) in [4.78, 5) is 4.46. The fraction of sp³-hybridized carbons (Fsp3) is 0.357. The van der Waals surface area contributed by atoms with Crippen LogP contribution in [0.25, 0.3) is 16.7 Å². The first-order chi connectivity index (χ1) is 16.0. The number of rotatable bonds is 4. The summed E-state index contributed by atoms with van der Waals surface area (Å²) in [6, 6.07) is 11.3. The Morgan fingerprint density at radius 1 is 0.806 bits per heavy atom. The molecule has 6 nitrogen and oxygen atoms in total. The third-order valence-corrected chi connectivity index (χ3v) is 5.96. The van der Waals surface area contributed by atoms with E-state index < -0.39 is 12.2 Å². The molecular formula is C28H34N2O4Y2. The predicted molar refractivity (Wildman–Crippen MR) is 136 cm³/mol. The molecule has 3 aromatic rings. The van der Waals surface area contributed by atoms with Crippen molar-refractivity contribution in [1.82, 2.24) is 5.16 Å². The number of aromatic nitrogens is 1. The molecule has 36 heavy (non-hydrogen) atoms. The molecule has 4 rings (SSSR count). The molecule has 2 aromatic carbocycles. The van der Waals surface area contributed by atoms with E-state index in [-0.39, 0.29) is 71.2 Å². The van der Waals surface area contributed by atoms with Crippen LogP contribution in [0.15, 0.2) is 51.5 Å². The topological polar surface area (TPSA) is 99.1 Å². The zero-order valence-electron chi connectivity index (χ0n) is 22.1. The Hall–Kier alpha value is -1.01. The number of aliphatic imine (C=N–C) groups is 1. The van der Waals surface area contributed by atoms with Crippen LogP contribution < -0.4 is 0 Å². The first kappa shape index (κ1) is 33.0. The Labute approximate surface area is 264 Å². The molecule has 186 valence electrons. The normalized spacial score (nSPS) is 14.2. The van der Waals surface area contributed by atoms with Crippen LogP contribution in [0.1, 0.15) is 73.6 Å². The Morgan fingerprint density at radius 2 is 1.39 bits per heavy atom. The molecule has 0 bridgehead atoms.